The number of hydrazone groups is 1. The van der Waals surface area contributed by atoms with Gasteiger partial charge in [-0.25, -0.2) is 5.43 Å². The van der Waals surface area contributed by atoms with Crippen LogP contribution in [0.4, 0.5) is 5.69 Å². The quantitative estimate of drug-likeness (QED) is 0.260. The molecule has 0 aliphatic rings. The van der Waals surface area contributed by atoms with E-state index in [0.29, 0.717) is 28.5 Å². The lowest BCUT2D eigenvalue weighted by Gasteiger charge is -2.10. The minimum absolute atomic E-state index is 0.0986. The molecule has 170 valence electrons. The van der Waals surface area contributed by atoms with E-state index in [0.717, 1.165) is 0 Å². The lowest BCUT2D eigenvalue weighted by atomic mass is 10.2. The van der Waals surface area contributed by atoms with Crippen molar-refractivity contribution in [2.45, 2.75) is 6.54 Å². The van der Waals surface area contributed by atoms with Crippen molar-refractivity contribution in [2.75, 3.05) is 19.0 Å². The maximum absolute atomic E-state index is 12.1. The molecule has 0 saturated carbocycles. The lowest BCUT2D eigenvalue weighted by molar-refractivity contribution is -0.139. The molecule has 0 spiro atoms. The molecule has 0 atom stereocenters. The number of rotatable bonds is 9. The average Bonchev–Trinajstić information content (AvgIpc) is 3.36. The van der Waals surface area contributed by atoms with Gasteiger partial charge < -0.3 is 24.5 Å². The summed E-state index contributed by atoms with van der Waals surface area (Å²) in [4.78, 5) is 35.5. The number of hydrogen-bond acceptors (Lipinski definition) is 7. The van der Waals surface area contributed by atoms with E-state index < -0.39 is 11.8 Å². The van der Waals surface area contributed by atoms with Crippen LogP contribution in [-0.2, 0) is 20.9 Å². The minimum atomic E-state index is -0.904. The number of ether oxygens (including phenoxy) is 2. The second-order valence-electron chi connectivity index (χ2n) is 6.57. The molecule has 1 aromatic heterocycles. The Morgan fingerprint density at radius 3 is 2.52 bits per heavy atom. The number of furan rings is 1. The fourth-order valence-corrected chi connectivity index (χ4v) is 2.61. The number of amides is 3. The van der Waals surface area contributed by atoms with E-state index in [1.54, 1.807) is 60.7 Å². The molecule has 0 aliphatic heterocycles. The molecule has 2 aromatic carbocycles. The van der Waals surface area contributed by atoms with Gasteiger partial charge in [0.1, 0.15) is 17.3 Å². The van der Waals surface area contributed by atoms with Gasteiger partial charge in [-0.05, 0) is 54.1 Å². The summed E-state index contributed by atoms with van der Waals surface area (Å²) in [5, 5.41) is 8.88. The summed E-state index contributed by atoms with van der Waals surface area (Å²) in [6.07, 6.45) is 2.84. The maximum Gasteiger partial charge on any atom is 0.329 e. The predicted octanol–water partition coefficient (Wildman–Crippen LogP) is 2.07. The number of hydrogen-bond donors (Lipinski definition) is 3. The van der Waals surface area contributed by atoms with Crippen molar-refractivity contribution in [1.82, 2.24) is 10.7 Å². The number of carbonyl (C=O) groups excluding carboxylic acids is 3. The summed E-state index contributed by atoms with van der Waals surface area (Å²) in [6.45, 7) is -0.0873. The molecule has 0 saturated heterocycles. The van der Waals surface area contributed by atoms with Gasteiger partial charge in [0.05, 0.1) is 31.8 Å². The summed E-state index contributed by atoms with van der Waals surface area (Å²) < 4.78 is 15.7. The number of nitrogens with one attached hydrogen (secondary N) is 3. The first kappa shape index (κ1) is 23.1. The van der Waals surface area contributed by atoms with E-state index in [-0.39, 0.29) is 19.1 Å². The molecule has 0 bridgehead atoms. The van der Waals surface area contributed by atoms with Crippen LogP contribution in [-0.4, -0.2) is 37.7 Å². The third kappa shape index (κ3) is 7.24. The highest BCUT2D eigenvalue weighted by molar-refractivity contribution is 6.35. The number of anilines is 1. The zero-order valence-corrected chi connectivity index (χ0v) is 17.7. The second-order valence-corrected chi connectivity index (χ2v) is 6.57. The van der Waals surface area contributed by atoms with E-state index in [1.807, 2.05) is 0 Å². The first-order valence-electron chi connectivity index (χ1n) is 9.84. The Morgan fingerprint density at radius 2 is 1.79 bits per heavy atom. The van der Waals surface area contributed by atoms with Crippen LogP contribution < -0.4 is 25.5 Å². The highest BCUT2D eigenvalue weighted by atomic mass is 16.5. The zero-order chi connectivity index (χ0) is 23.5. The van der Waals surface area contributed by atoms with Crippen LogP contribution in [0.15, 0.2) is 76.4 Å². The van der Waals surface area contributed by atoms with Crippen LogP contribution in [0, 0.1) is 0 Å². The van der Waals surface area contributed by atoms with Crippen molar-refractivity contribution < 1.29 is 28.3 Å². The smallest absolute Gasteiger partial charge is 0.329 e. The third-order valence-electron chi connectivity index (χ3n) is 4.22. The number of benzene rings is 2. The molecular formula is C23H22N4O6. The van der Waals surface area contributed by atoms with Crippen LogP contribution in [0.3, 0.4) is 0 Å². The fourth-order valence-electron chi connectivity index (χ4n) is 2.61. The van der Waals surface area contributed by atoms with Crippen molar-refractivity contribution in [3.05, 3.63) is 78.3 Å². The summed E-state index contributed by atoms with van der Waals surface area (Å²) in [5.74, 6) is -0.518. The van der Waals surface area contributed by atoms with E-state index in [2.05, 4.69) is 21.2 Å². The molecule has 0 aliphatic carbocycles. The molecular weight excluding hydrogens is 428 g/mol. The normalized spacial score (nSPS) is 10.5. The molecule has 3 aromatic rings. The molecule has 0 unspecified atom stereocenters. The topological polar surface area (TPSA) is 131 Å². The van der Waals surface area contributed by atoms with Crippen molar-refractivity contribution >= 4 is 29.6 Å². The van der Waals surface area contributed by atoms with E-state index >= 15 is 0 Å². The second kappa shape index (κ2) is 11.7. The summed E-state index contributed by atoms with van der Waals surface area (Å²) >= 11 is 0. The highest BCUT2D eigenvalue weighted by Gasteiger charge is 2.12. The van der Waals surface area contributed by atoms with E-state index in [4.69, 9.17) is 13.9 Å². The van der Waals surface area contributed by atoms with E-state index in [1.165, 1.54) is 19.6 Å². The molecule has 10 heteroatoms. The highest BCUT2D eigenvalue weighted by Crippen LogP contribution is 2.22. The number of para-hydroxylation sites is 2. The molecule has 1 heterocycles. The van der Waals surface area contributed by atoms with Gasteiger partial charge in [0.2, 0.25) is 0 Å². The van der Waals surface area contributed by atoms with Gasteiger partial charge in [0.25, 0.3) is 5.91 Å². The Hall–Kier alpha value is -4.60. The predicted molar refractivity (Wildman–Crippen MR) is 120 cm³/mol. The zero-order valence-electron chi connectivity index (χ0n) is 17.7. The van der Waals surface area contributed by atoms with Crippen LogP contribution in [0.5, 0.6) is 11.5 Å². The Morgan fingerprint density at radius 1 is 1.00 bits per heavy atom. The van der Waals surface area contributed by atoms with Crippen LogP contribution in [0.1, 0.15) is 11.3 Å². The molecule has 3 amide bonds. The number of methoxy groups -OCH3 is 1. The van der Waals surface area contributed by atoms with Crippen LogP contribution in [0.2, 0.25) is 0 Å². The average molecular weight is 450 g/mol. The third-order valence-corrected chi connectivity index (χ3v) is 4.22. The summed E-state index contributed by atoms with van der Waals surface area (Å²) in [5.41, 5.74) is 3.34. The van der Waals surface area contributed by atoms with Gasteiger partial charge in [-0.2, -0.15) is 5.10 Å². The fraction of sp³-hybridized carbons (Fsp3) is 0.130. The first-order chi connectivity index (χ1) is 16.0. The van der Waals surface area contributed by atoms with Crippen molar-refractivity contribution in [2.24, 2.45) is 5.10 Å². The Kier molecular flexibility index (Phi) is 8.18. The lowest BCUT2D eigenvalue weighted by Crippen LogP contribution is -2.37. The van der Waals surface area contributed by atoms with Gasteiger partial charge in [-0.1, -0.05) is 12.1 Å². The first-order valence-corrected chi connectivity index (χ1v) is 9.84. The SMILES string of the molecule is COc1ccccc1NC(=O)COc1ccc(/C=N\NC(=O)C(=O)NCc2ccco2)cc1. The molecule has 33 heavy (non-hydrogen) atoms. The molecule has 10 nitrogen and oxygen atoms in total. The van der Waals surface area contributed by atoms with Crippen molar-refractivity contribution in [1.29, 1.82) is 0 Å². The Bertz CT molecular complexity index is 1110. The van der Waals surface area contributed by atoms with E-state index in [9.17, 15) is 14.4 Å². The van der Waals surface area contributed by atoms with Crippen LogP contribution in [0.25, 0.3) is 0 Å². The largest absolute Gasteiger partial charge is 0.495 e. The van der Waals surface area contributed by atoms with Gasteiger partial charge in [-0.3, -0.25) is 14.4 Å². The van der Waals surface area contributed by atoms with Crippen molar-refractivity contribution in [3.63, 3.8) is 0 Å². The Labute approximate surface area is 189 Å². The van der Waals surface area contributed by atoms with Gasteiger partial charge in [-0.15, -0.1) is 0 Å². The standard InChI is InChI=1S/C23H22N4O6/c1-31-20-7-3-2-6-19(20)26-21(28)15-33-17-10-8-16(9-11-17)13-25-27-23(30)22(29)24-14-18-5-4-12-32-18/h2-13H,14-15H2,1H3,(H,24,29)(H,26,28)(H,27,30)/b25-13-. The molecule has 0 radical (unpaired) electrons. The van der Waals surface area contributed by atoms with Gasteiger partial charge >= 0.3 is 11.8 Å². The summed E-state index contributed by atoms with van der Waals surface area (Å²) in [6, 6.07) is 17.1. The van der Waals surface area contributed by atoms with Crippen LogP contribution >= 0.6 is 0 Å². The van der Waals surface area contributed by atoms with Crippen molar-refractivity contribution in [3.8, 4) is 11.5 Å². The Balaban J connectivity index is 1.41. The molecule has 0 fully saturated rings. The number of nitrogens with zero attached hydrogens (tertiary/aromatic N) is 1. The monoisotopic (exact) mass is 450 g/mol. The van der Waals surface area contributed by atoms with Gasteiger partial charge in [0.15, 0.2) is 6.61 Å². The number of carbonyl (C=O) groups is 3. The minimum Gasteiger partial charge on any atom is -0.495 e. The molecule has 3 rings (SSSR count). The summed E-state index contributed by atoms with van der Waals surface area (Å²) in [7, 11) is 1.52. The van der Waals surface area contributed by atoms with Gasteiger partial charge in [0, 0.05) is 0 Å². The maximum atomic E-state index is 12.1. The molecule has 3 N–H and O–H groups in total.